The molecule has 0 saturated carbocycles. The average Bonchev–Trinajstić information content (AvgIpc) is 3.50. The predicted molar refractivity (Wildman–Crippen MR) is 169 cm³/mol. The molecule has 6 rings (SSSR count). The van der Waals surface area contributed by atoms with E-state index in [4.69, 9.17) is 21.7 Å². The van der Waals surface area contributed by atoms with Crippen LogP contribution in [0.3, 0.4) is 0 Å². The number of pyridine rings is 1. The lowest BCUT2D eigenvalue weighted by atomic mass is 9.93. The average molecular weight is 600 g/mol. The summed E-state index contributed by atoms with van der Waals surface area (Å²) in [5.74, 6) is -0.884. The number of aliphatic hydroxyl groups is 1. The Morgan fingerprint density at radius 1 is 1.02 bits per heavy atom. The van der Waals surface area contributed by atoms with Crippen LogP contribution in [0.5, 0.6) is 0 Å². The summed E-state index contributed by atoms with van der Waals surface area (Å²) in [7, 11) is 0. The van der Waals surface area contributed by atoms with Gasteiger partial charge >= 0.3 is 5.97 Å². The Morgan fingerprint density at radius 3 is 2.40 bits per heavy atom. The van der Waals surface area contributed by atoms with E-state index in [-0.39, 0.29) is 12.3 Å². The van der Waals surface area contributed by atoms with Crippen LogP contribution in [0.15, 0.2) is 66.9 Å². The van der Waals surface area contributed by atoms with E-state index in [0.717, 1.165) is 65.5 Å². The number of anilines is 1. The molecule has 2 aromatic heterocycles. The van der Waals surface area contributed by atoms with Gasteiger partial charge in [-0.3, -0.25) is 14.6 Å². The van der Waals surface area contributed by atoms with Gasteiger partial charge in [0.2, 0.25) is 5.91 Å². The van der Waals surface area contributed by atoms with Crippen LogP contribution in [-0.2, 0) is 22.4 Å². The molecule has 214 valence electrons. The highest BCUT2D eigenvalue weighted by Crippen LogP contribution is 2.41. The fourth-order valence-corrected chi connectivity index (χ4v) is 6.03. The summed E-state index contributed by atoms with van der Waals surface area (Å²) < 4.78 is 0.930. The van der Waals surface area contributed by atoms with E-state index in [1.807, 2.05) is 67.6 Å². The first-order valence-corrected chi connectivity index (χ1v) is 14.6. The molecule has 9 heteroatoms. The molecule has 3 heterocycles. The number of thiazole rings is 1. The van der Waals surface area contributed by atoms with Crippen LogP contribution in [0.2, 0.25) is 5.02 Å². The minimum atomic E-state index is -0.882. The van der Waals surface area contributed by atoms with Gasteiger partial charge in [0.25, 0.3) is 0 Å². The lowest BCUT2D eigenvalue weighted by Gasteiger charge is -2.13. The van der Waals surface area contributed by atoms with Gasteiger partial charge in [-0.25, -0.2) is 4.98 Å². The zero-order valence-electron chi connectivity index (χ0n) is 23.7. The summed E-state index contributed by atoms with van der Waals surface area (Å²) in [5.41, 5.74) is 8.20. The van der Waals surface area contributed by atoms with E-state index >= 15 is 0 Å². The van der Waals surface area contributed by atoms with Crippen LogP contribution in [0.1, 0.15) is 37.5 Å². The van der Waals surface area contributed by atoms with E-state index in [1.54, 1.807) is 27.0 Å². The molecule has 7 nitrogen and oxygen atoms in total. The highest BCUT2D eigenvalue weighted by Gasteiger charge is 2.21. The van der Waals surface area contributed by atoms with Crippen molar-refractivity contribution < 1.29 is 19.8 Å². The van der Waals surface area contributed by atoms with E-state index in [0.29, 0.717) is 11.4 Å². The van der Waals surface area contributed by atoms with Gasteiger partial charge in [0, 0.05) is 33.6 Å². The Labute approximate surface area is 252 Å². The Balaban J connectivity index is 0.000000652. The molecular formula is C33H30ClN3O4S. The van der Waals surface area contributed by atoms with Crippen molar-refractivity contribution >= 4 is 50.7 Å². The van der Waals surface area contributed by atoms with Gasteiger partial charge in [-0.05, 0) is 92.4 Å². The summed E-state index contributed by atoms with van der Waals surface area (Å²) in [6, 6.07) is 19.2. The van der Waals surface area contributed by atoms with Crippen LogP contribution in [0.4, 0.5) is 5.69 Å². The van der Waals surface area contributed by atoms with Gasteiger partial charge in [0.15, 0.2) is 0 Å². The topological polar surface area (TPSA) is 112 Å². The molecule has 0 bridgehead atoms. The van der Waals surface area contributed by atoms with E-state index in [2.05, 4.69) is 10.3 Å². The number of amides is 1. The summed E-state index contributed by atoms with van der Waals surface area (Å²) >= 11 is 7.66. The number of carbonyl (C=O) groups is 2. The molecule has 0 atom stereocenters. The number of fused-ring (bicyclic) bond motifs is 2. The predicted octanol–water partition coefficient (Wildman–Crippen LogP) is 7.55. The fourth-order valence-electron chi connectivity index (χ4n) is 4.77. The third-order valence-electron chi connectivity index (χ3n) is 6.51. The number of nitrogens with zero attached hydrogens (tertiary/aromatic N) is 2. The number of carboxylic acid groups (broad SMARTS) is 1. The maximum absolute atomic E-state index is 11.8. The number of carbonyl (C=O) groups excluding carboxylic acids is 1. The van der Waals surface area contributed by atoms with Gasteiger partial charge in [0.1, 0.15) is 5.01 Å². The molecule has 1 amide bonds. The summed E-state index contributed by atoms with van der Waals surface area (Å²) in [6.07, 6.45) is 2.04. The minimum absolute atomic E-state index is 0.00242. The third kappa shape index (κ3) is 6.68. The second-order valence-corrected chi connectivity index (χ2v) is 12.6. The van der Waals surface area contributed by atoms with Crippen molar-refractivity contribution in [3.05, 3.63) is 88.6 Å². The van der Waals surface area contributed by atoms with E-state index in [9.17, 15) is 14.7 Å². The van der Waals surface area contributed by atoms with Gasteiger partial charge in [-0.15, -0.1) is 11.3 Å². The number of benzene rings is 3. The number of aromatic nitrogens is 2. The smallest absolute Gasteiger partial charge is 0.307 e. The maximum atomic E-state index is 11.8. The first kappa shape index (κ1) is 29.4. The molecule has 0 unspecified atom stereocenters. The molecule has 1 aliphatic rings. The van der Waals surface area contributed by atoms with Crippen molar-refractivity contribution in [3.63, 3.8) is 0 Å². The number of aliphatic carboxylic acids is 1. The Bertz CT molecular complexity index is 1820. The highest BCUT2D eigenvalue weighted by atomic mass is 35.5. The molecule has 0 spiro atoms. The Hall–Kier alpha value is -4.11. The molecule has 3 N–H and O–H groups in total. The summed E-state index contributed by atoms with van der Waals surface area (Å²) in [4.78, 5) is 33.0. The Kier molecular flexibility index (Phi) is 8.14. The molecule has 0 radical (unpaired) electrons. The second-order valence-electron chi connectivity index (χ2n) is 11.2. The second kappa shape index (κ2) is 11.6. The monoisotopic (exact) mass is 599 g/mol. The van der Waals surface area contributed by atoms with E-state index in [1.165, 1.54) is 11.3 Å². The van der Waals surface area contributed by atoms with Crippen LogP contribution in [-0.4, -0.2) is 37.7 Å². The largest absolute Gasteiger partial charge is 0.481 e. The van der Waals surface area contributed by atoms with Gasteiger partial charge in [-0.1, -0.05) is 29.8 Å². The number of halogens is 1. The molecule has 3 aromatic carbocycles. The number of aryl methyl sites for hydroxylation is 1. The number of carboxylic acids is 1. The van der Waals surface area contributed by atoms with Crippen molar-refractivity contribution in [2.45, 2.75) is 46.1 Å². The molecule has 0 fully saturated rings. The number of hydrogen-bond acceptors (Lipinski definition) is 6. The third-order valence-corrected chi connectivity index (χ3v) is 7.90. The van der Waals surface area contributed by atoms with Crippen molar-refractivity contribution in [1.82, 2.24) is 9.97 Å². The standard InChI is InChI=1S/C29H20ClN3O3S.C4H10O/c1-15-10-24-28(27(21(15)14-26(35)36)16-2-5-20(30)6-3-16)37-29(33-24)18-8-9-31-23(12-18)17-4-7-22-19(11-17)13-25(34)32-22;1-4(2,3)5/h2-12H,13-14H2,1H3,(H,32,34)(H,35,36);5H,1-3H3. The van der Waals surface area contributed by atoms with Crippen LogP contribution in [0.25, 0.3) is 43.2 Å². The highest BCUT2D eigenvalue weighted by molar-refractivity contribution is 7.22. The Morgan fingerprint density at radius 2 is 1.71 bits per heavy atom. The first-order valence-electron chi connectivity index (χ1n) is 13.4. The van der Waals surface area contributed by atoms with Gasteiger partial charge in [0.05, 0.1) is 34.4 Å². The van der Waals surface area contributed by atoms with Crippen molar-refractivity contribution in [2.24, 2.45) is 0 Å². The van der Waals surface area contributed by atoms with Crippen molar-refractivity contribution in [3.8, 4) is 33.0 Å². The fraction of sp³-hybridized carbons (Fsp3) is 0.212. The zero-order chi connectivity index (χ0) is 30.2. The molecule has 1 aliphatic heterocycles. The number of hydrogen-bond donors (Lipinski definition) is 3. The number of rotatable bonds is 5. The lowest BCUT2D eigenvalue weighted by Crippen LogP contribution is -2.10. The van der Waals surface area contributed by atoms with Crippen LogP contribution >= 0.6 is 22.9 Å². The van der Waals surface area contributed by atoms with Crippen LogP contribution in [0, 0.1) is 6.92 Å². The normalized spacial score (nSPS) is 12.5. The molecular weight excluding hydrogens is 570 g/mol. The SMILES string of the molecule is CC(C)(C)O.Cc1cc2nc(-c3ccnc(-c4ccc5c(c4)CC(=O)N5)c3)sc2c(-c2ccc(Cl)cc2)c1CC(=O)O. The van der Waals surface area contributed by atoms with Gasteiger partial charge in [-0.2, -0.15) is 0 Å². The molecule has 42 heavy (non-hydrogen) atoms. The molecule has 0 saturated heterocycles. The van der Waals surface area contributed by atoms with E-state index < -0.39 is 11.6 Å². The number of nitrogens with one attached hydrogen (secondary N) is 1. The summed E-state index contributed by atoms with van der Waals surface area (Å²) in [6.45, 7) is 7.15. The molecule has 5 aromatic rings. The quantitative estimate of drug-likeness (QED) is 0.192. The first-order chi connectivity index (χ1) is 19.9. The zero-order valence-corrected chi connectivity index (χ0v) is 25.2. The van der Waals surface area contributed by atoms with Gasteiger partial charge < -0.3 is 15.5 Å². The van der Waals surface area contributed by atoms with Crippen molar-refractivity contribution in [2.75, 3.05) is 5.32 Å². The lowest BCUT2D eigenvalue weighted by molar-refractivity contribution is -0.136. The van der Waals surface area contributed by atoms with Crippen LogP contribution < -0.4 is 5.32 Å². The molecule has 0 aliphatic carbocycles. The summed E-state index contributed by atoms with van der Waals surface area (Å²) in [5, 5.41) is 22.4. The van der Waals surface area contributed by atoms with Crippen molar-refractivity contribution in [1.29, 1.82) is 0 Å². The maximum Gasteiger partial charge on any atom is 0.307 e. The minimum Gasteiger partial charge on any atom is -0.481 e.